The van der Waals surface area contributed by atoms with Crippen molar-refractivity contribution in [1.29, 1.82) is 0 Å². The van der Waals surface area contributed by atoms with Crippen LogP contribution in [0.4, 0.5) is 0 Å². The number of carbonyl (C=O) groups is 1. The van der Waals surface area contributed by atoms with E-state index in [1.165, 1.54) is 30.6 Å². The molecule has 0 saturated heterocycles. The van der Waals surface area contributed by atoms with Crippen LogP contribution in [0.25, 0.3) is 0 Å². The molecule has 9 heteroatoms. The number of hydrogen-bond donors (Lipinski definition) is 3. The van der Waals surface area contributed by atoms with E-state index in [2.05, 4.69) is 15.5 Å². The average molecular weight is 308 g/mol. The Morgan fingerprint density at radius 3 is 2.95 bits per heavy atom. The van der Waals surface area contributed by atoms with Crippen LogP contribution >= 0.6 is 0 Å². The smallest absolute Gasteiger partial charge is 0.255 e. The minimum Gasteiger partial charge on any atom is -0.491 e. The third-order valence-corrected chi connectivity index (χ3v) is 4.07. The van der Waals surface area contributed by atoms with Crippen LogP contribution in [0.15, 0.2) is 35.5 Å². The van der Waals surface area contributed by atoms with Crippen molar-refractivity contribution in [2.24, 2.45) is 5.14 Å². The van der Waals surface area contributed by atoms with Crippen LogP contribution < -0.4 is 15.2 Å². The number of primary sulfonamides is 1. The second kappa shape index (κ2) is 4.86. The molecule has 0 spiro atoms. The monoisotopic (exact) mass is 308 g/mol. The normalized spacial score (nSPS) is 17.1. The van der Waals surface area contributed by atoms with Crippen LogP contribution in [-0.4, -0.2) is 31.1 Å². The van der Waals surface area contributed by atoms with E-state index in [1.807, 2.05) is 0 Å². The molecule has 1 aromatic carbocycles. The maximum Gasteiger partial charge on any atom is 0.255 e. The highest BCUT2D eigenvalue weighted by molar-refractivity contribution is 7.89. The Morgan fingerprint density at radius 1 is 1.48 bits per heavy atom. The Morgan fingerprint density at radius 2 is 2.29 bits per heavy atom. The van der Waals surface area contributed by atoms with Crippen LogP contribution in [0.5, 0.6) is 5.75 Å². The Bertz CT molecular complexity index is 786. The van der Waals surface area contributed by atoms with Gasteiger partial charge in [-0.05, 0) is 18.2 Å². The predicted octanol–water partition coefficient (Wildman–Crippen LogP) is -0.0794. The molecule has 1 aromatic heterocycles. The SMILES string of the molecule is NS(=O)(=O)c1ccc2c(c1)C(NC(=O)c1cn[nH]c1)CO2. The lowest BCUT2D eigenvalue weighted by molar-refractivity contribution is 0.0930. The van der Waals surface area contributed by atoms with Gasteiger partial charge in [0.2, 0.25) is 10.0 Å². The van der Waals surface area contributed by atoms with E-state index in [1.54, 1.807) is 0 Å². The lowest BCUT2D eigenvalue weighted by Gasteiger charge is -2.11. The van der Waals surface area contributed by atoms with E-state index < -0.39 is 16.1 Å². The first-order chi connectivity index (χ1) is 9.95. The topological polar surface area (TPSA) is 127 Å². The highest BCUT2D eigenvalue weighted by Crippen LogP contribution is 2.33. The van der Waals surface area contributed by atoms with Crippen molar-refractivity contribution in [3.05, 3.63) is 41.7 Å². The molecule has 0 aliphatic carbocycles. The summed E-state index contributed by atoms with van der Waals surface area (Å²) in [6.07, 6.45) is 2.86. The Balaban J connectivity index is 1.87. The van der Waals surface area contributed by atoms with Gasteiger partial charge >= 0.3 is 0 Å². The largest absolute Gasteiger partial charge is 0.491 e. The van der Waals surface area contributed by atoms with Gasteiger partial charge in [0.1, 0.15) is 12.4 Å². The van der Waals surface area contributed by atoms with Gasteiger partial charge in [0.15, 0.2) is 0 Å². The van der Waals surface area contributed by atoms with Crippen molar-refractivity contribution in [2.45, 2.75) is 10.9 Å². The molecular weight excluding hydrogens is 296 g/mol. The number of hydrogen-bond acceptors (Lipinski definition) is 5. The van der Waals surface area contributed by atoms with E-state index in [9.17, 15) is 13.2 Å². The molecule has 8 nitrogen and oxygen atoms in total. The van der Waals surface area contributed by atoms with Crippen molar-refractivity contribution in [3.8, 4) is 5.75 Å². The molecule has 0 radical (unpaired) electrons. The van der Waals surface area contributed by atoms with Crippen molar-refractivity contribution in [2.75, 3.05) is 6.61 Å². The maximum absolute atomic E-state index is 12.0. The number of rotatable bonds is 3. The summed E-state index contributed by atoms with van der Waals surface area (Å²) in [5, 5.41) is 14.1. The quantitative estimate of drug-likeness (QED) is 0.731. The number of amides is 1. The number of nitrogens with zero attached hydrogens (tertiary/aromatic N) is 1. The summed E-state index contributed by atoms with van der Waals surface area (Å²) in [5.74, 6) is 0.200. The Hall–Kier alpha value is -2.39. The number of benzene rings is 1. The predicted molar refractivity (Wildman–Crippen MR) is 72.1 cm³/mol. The van der Waals surface area contributed by atoms with Gasteiger partial charge in [-0.25, -0.2) is 13.6 Å². The molecule has 0 bridgehead atoms. The van der Waals surface area contributed by atoms with Crippen molar-refractivity contribution < 1.29 is 17.9 Å². The highest BCUT2D eigenvalue weighted by atomic mass is 32.2. The summed E-state index contributed by atoms with van der Waals surface area (Å²) in [5.41, 5.74) is 0.962. The van der Waals surface area contributed by atoms with E-state index in [-0.39, 0.29) is 17.4 Å². The molecule has 1 amide bonds. The molecule has 21 heavy (non-hydrogen) atoms. The lowest BCUT2D eigenvalue weighted by Crippen LogP contribution is -2.29. The summed E-state index contributed by atoms with van der Waals surface area (Å²) in [6, 6.07) is 3.87. The van der Waals surface area contributed by atoms with E-state index in [4.69, 9.17) is 9.88 Å². The van der Waals surface area contributed by atoms with Gasteiger partial charge in [-0.1, -0.05) is 0 Å². The number of nitrogens with two attached hydrogens (primary N) is 1. The van der Waals surface area contributed by atoms with Gasteiger partial charge in [-0.2, -0.15) is 5.10 Å². The molecule has 1 atom stereocenters. The fourth-order valence-corrected chi connectivity index (χ4v) is 2.66. The molecular formula is C12H12N4O4S. The first kappa shape index (κ1) is 13.6. The average Bonchev–Trinajstić information content (AvgIpc) is 3.07. The number of H-pyrrole nitrogens is 1. The number of nitrogens with one attached hydrogen (secondary N) is 2. The number of fused-ring (bicyclic) bond motifs is 1. The number of sulfonamides is 1. The van der Waals surface area contributed by atoms with Crippen LogP contribution in [0.2, 0.25) is 0 Å². The zero-order valence-electron chi connectivity index (χ0n) is 10.7. The second-order valence-electron chi connectivity index (χ2n) is 4.57. The van der Waals surface area contributed by atoms with Crippen LogP contribution in [-0.2, 0) is 10.0 Å². The molecule has 4 N–H and O–H groups in total. The summed E-state index contributed by atoms with van der Waals surface area (Å²) in [6.45, 7) is 0.229. The van der Waals surface area contributed by atoms with Gasteiger partial charge < -0.3 is 10.1 Å². The summed E-state index contributed by atoms with van der Waals surface area (Å²) >= 11 is 0. The maximum atomic E-state index is 12.0. The van der Waals surface area contributed by atoms with Gasteiger partial charge in [0.05, 0.1) is 22.7 Å². The molecule has 110 valence electrons. The van der Waals surface area contributed by atoms with Gasteiger partial charge in [0, 0.05) is 11.8 Å². The number of aromatic amines is 1. The summed E-state index contributed by atoms with van der Waals surface area (Å²) in [4.78, 5) is 12.0. The van der Waals surface area contributed by atoms with Crippen molar-refractivity contribution >= 4 is 15.9 Å². The molecule has 3 rings (SSSR count). The summed E-state index contributed by atoms with van der Waals surface area (Å²) < 4.78 is 28.2. The van der Waals surface area contributed by atoms with Gasteiger partial charge in [0.25, 0.3) is 5.91 Å². The van der Waals surface area contributed by atoms with Crippen LogP contribution in [0.3, 0.4) is 0 Å². The number of aromatic nitrogens is 2. The van der Waals surface area contributed by atoms with Crippen molar-refractivity contribution in [1.82, 2.24) is 15.5 Å². The third kappa shape index (κ3) is 2.60. The standard InChI is InChI=1S/C12H12N4O4S/c13-21(18,19)8-1-2-11-9(3-8)10(6-20-11)16-12(17)7-4-14-15-5-7/h1-5,10H,6H2,(H,14,15)(H,16,17)(H2,13,18,19). The van der Waals surface area contributed by atoms with Crippen LogP contribution in [0, 0.1) is 0 Å². The molecule has 2 heterocycles. The highest BCUT2D eigenvalue weighted by Gasteiger charge is 2.27. The second-order valence-corrected chi connectivity index (χ2v) is 6.13. The van der Waals surface area contributed by atoms with Gasteiger partial charge in [-0.3, -0.25) is 9.89 Å². The van der Waals surface area contributed by atoms with E-state index >= 15 is 0 Å². The fraction of sp³-hybridized carbons (Fsp3) is 0.167. The van der Waals surface area contributed by atoms with Crippen molar-refractivity contribution in [3.63, 3.8) is 0 Å². The molecule has 1 unspecified atom stereocenters. The van der Waals surface area contributed by atoms with Crippen LogP contribution in [0.1, 0.15) is 22.0 Å². The molecule has 0 saturated carbocycles. The first-order valence-electron chi connectivity index (χ1n) is 6.04. The minimum atomic E-state index is -3.80. The molecule has 0 fully saturated rings. The zero-order chi connectivity index (χ0) is 15.0. The summed E-state index contributed by atoms with van der Waals surface area (Å²) in [7, 11) is -3.80. The molecule has 2 aromatic rings. The van der Waals surface area contributed by atoms with Gasteiger partial charge in [-0.15, -0.1) is 0 Å². The minimum absolute atomic E-state index is 0.0192. The first-order valence-corrected chi connectivity index (χ1v) is 7.59. The number of carbonyl (C=O) groups excluding carboxylic acids is 1. The lowest BCUT2D eigenvalue weighted by atomic mass is 10.1. The Kier molecular flexibility index (Phi) is 3.15. The fourth-order valence-electron chi connectivity index (χ4n) is 2.11. The zero-order valence-corrected chi connectivity index (χ0v) is 11.6. The Labute approximate surface area is 120 Å². The molecule has 1 aliphatic heterocycles. The van der Waals surface area contributed by atoms with E-state index in [0.717, 1.165) is 0 Å². The molecule has 1 aliphatic rings. The van der Waals surface area contributed by atoms with E-state index in [0.29, 0.717) is 16.9 Å². The third-order valence-electron chi connectivity index (χ3n) is 3.16. The number of ether oxygens (including phenoxy) is 1.